The number of phenolic OH excluding ortho intramolecular Hbond substituents is 1. The second kappa shape index (κ2) is 18.6. The molecule has 7 rings (SSSR count). The lowest BCUT2D eigenvalue weighted by molar-refractivity contribution is -0.155. The van der Waals surface area contributed by atoms with E-state index in [0.717, 1.165) is 51.0 Å². The molecule has 2 aromatic heterocycles. The van der Waals surface area contributed by atoms with Crippen LogP contribution in [-0.2, 0) is 54.6 Å². The molecular weight excluding hydrogens is 787 g/mol. The SMILES string of the molecule is CCn1c(-c2cnccc2COC)c2c3cc(ccc31)-c1cc(O)cc(c1)C[C@H](NC(=O)[C@H](C(C)C)N(C)C(=O)[C@@H]1CNC[C@@H]1C)C(=O)N1CCC[C@H](N1)C(=O)OCC(C)(C)C2. The van der Waals surface area contributed by atoms with Crippen molar-refractivity contribution in [2.45, 2.75) is 98.5 Å². The van der Waals surface area contributed by atoms with Crippen molar-refractivity contribution in [3.8, 4) is 28.1 Å². The second-order valence-electron chi connectivity index (χ2n) is 18.6. The zero-order chi connectivity index (χ0) is 44.5. The van der Waals surface area contributed by atoms with Crippen molar-refractivity contribution in [3.05, 3.63) is 71.5 Å². The number of aromatic nitrogens is 2. The summed E-state index contributed by atoms with van der Waals surface area (Å²) in [4.78, 5) is 62.7. The molecule has 4 aromatic rings. The van der Waals surface area contributed by atoms with E-state index in [9.17, 15) is 24.3 Å². The number of ether oxygens (including phenoxy) is 2. The Kier molecular flexibility index (Phi) is 13.4. The molecular formula is C48H63N7O7. The number of pyridine rings is 1. The Morgan fingerprint density at radius 1 is 1.11 bits per heavy atom. The quantitative estimate of drug-likeness (QED) is 0.164. The van der Waals surface area contributed by atoms with E-state index in [2.05, 4.69) is 58.5 Å². The molecule has 14 heteroatoms. The van der Waals surface area contributed by atoms with Gasteiger partial charge in [-0.2, -0.15) is 0 Å². The summed E-state index contributed by atoms with van der Waals surface area (Å²) in [7, 11) is 3.34. The molecule has 2 fully saturated rings. The summed E-state index contributed by atoms with van der Waals surface area (Å²) < 4.78 is 14.0. The van der Waals surface area contributed by atoms with Gasteiger partial charge >= 0.3 is 5.97 Å². The van der Waals surface area contributed by atoms with Crippen LogP contribution in [0.2, 0.25) is 0 Å². The van der Waals surface area contributed by atoms with Crippen molar-refractivity contribution in [1.82, 2.24) is 35.5 Å². The highest BCUT2D eigenvalue weighted by Crippen LogP contribution is 2.41. The first kappa shape index (κ1) is 44.7. The Labute approximate surface area is 364 Å². The lowest BCUT2D eigenvalue weighted by Gasteiger charge is -2.37. The number of phenols is 1. The maximum atomic E-state index is 14.6. The van der Waals surface area contributed by atoms with Crippen LogP contribution in [0.25, 0.3) is 33.3 Å². The number of carbonyl (C=O) groups is 4. The highest BCUT2D eigenvalue weighted by molar-refractivity contribution is 5.96. The van der Waals surface area contributed by atoms with Gasteiger partial charge in [-0.15, -0.1) is 0 Å². The van der Waals surface area contributed by atoms with E-state index in [1.165, 1.54) is 9.91 Å². The minimum Gasteiger partial charge on any atom is -0.508 e. The van der Waals surface area contributed by atoms with Crippen molar-refractivity contribution < 1.29 is 33.8 Å². The van der Waals surface area contributed by atoms with Crippen LogP contribution >= 0.6 is 0 Å². The molecule has 6 bridgehead atoms. The molecule has 0 aliphatic carbocycles. The standard InChI is InChI=1S/C48H63N7O7/c1-9-54-41-13-12-31-21-35(41)36(43(54)38-25-49-15-14-32(38)26-61-8)22-48(5,6)27-62-47(60)39-11-10-16-55(52-39)46(59)40(19-30-17-33(31)20-34(56)18-30)51-44(57)42(28(2)3)53(7)45(58)37-24-50-23-29(37)4/h12-15,17-18,20-21,25,28-29,37,39-40,42,50,52,56H,9-11,16,19,22-24,26-27H2,1-8H3,(H,51,57)/t29-,37+,39-,40-,42-/m0/s1. The van der Waals surface area contributed by atoms with Crippen molar-refractivity contribution in [3.63, 3.8) is 0 Å². The molecule has 2 aromatic carbocycles. The summed E-state index contributed by atoms with van der Waals surface area (Å²) in [6, 6.07) is 10.8. The molecule has 3 aliphatic heterocycles. The van der Waals surface area contributed by atoms with Crippen LogP contribution in [0.4, 0.5) is 0 Å². The number of nitrogens with one attached hydrogen (secondary N) is 3. The molecule has 14 nitrogen and oxygen atoms in total. The van der Waals surface area contributed by atoms with Crippen LogP contribution < -0.4 is 16.1 Å². The Bertz CT molecular complexity index is 2320. The fraction of sp³-hybridized carbons (Fsp3) is 0.521. The molecule has 0 saturated carbocycles. The Hall–Kier alpha value is -5.31. The van der Waals surface area contributed by atoms with Crippen LogP contribution in [-0.4, -0.2) is 107 Å². The van der Waals surface area contributed by atoms with Crippen LogP contribution in [0.15, 0.2) is 54.9 Å². The topological polar surface area (TPSA) is 167 Å². The summed E-state index contributed by atoms with van der Waals surface area (Å²) >= 11 is 0. The Balaban J connectivity index is 1.33. The van der Waals surface area contributed by atoms with Gasteiger partial charge in [-0.05, 0) is 103 Å². The van der Waals surface area contributed by atoms with Crippen LogP contribution in [0.3, 0.4) is 0 Å². The van der Waals surface area contributed by atoms with Gasteiger partial charge in [0.1, 0.15) is 23.9 Å². The average Bonchev–Trinajstić information content (AvgIpc) is 3.81. The van der Waals surface area contributed by atoms with Gasteiger partial charge in [-0.25, -0.2) is 5.43 Å². The number of esters is 1. The number of aryl methyl sites for hydroxylation is 1. The number of hydrogen-bond donors (Lipinski definition) is 4. The minimum atomic E-state index is -1.11. The molecule has 5 atom stereocenters. The van der Waals surface area contributed by atoms with E-state index in [4.69, 9.17) is 9.47 Å². The molecule has 4 N–H and O–H groups in total. The number of cyclic esters (lactones) is 1. The normalized spacial score (nSPS) is 22.3. The second-order valence-corrected chi connectivity index (χ2v) is 18.6. The first-order valence-corrected chi connectivity index (χ1v) is 22.0. The summed E-state index contributed by atoms with van der Waals surface area (Å²) in [6.45, 7) is 14.9. The number of methoxy groups -OCH3 is 1. The number of benzene rings is 2. The van der Waals surface area contributed by atoms with E-state index in [0.29, 0.717) is 51.1 Å². The first-order chi connectivity index (χ1) is 29.6. The molecule has 0 unspecified atom stereocenters. The largest absolute Gasteiger partial charge is 0.508 e. The van der Waals surface area contributed by atoms with Gasteiger partial charge in [-0.1, -0.05) is 46.8 Å². The number of fused-ring (bicyclic) bond motifs is 6. The molecule has 5 heterocycles. The number of hydrazine groups is 1. The van der Waals surface area contributed by atoms with E-state index in [-0.39, 0.29) is 42.4 Å². The smallest absolute Gasteiger partial charge is 0.324 e. The number of rotatable bonds is 9. The molecule has 3 aliphatic rings. The summed E-state index contributed by atoms with van der Waals surface area (Å²) in [6.07, 6.45) is 5.26. The Morgan fingerprint density at radius 2 is 1.90 bits per heavy atom. The van der Waals surface area contributed by atoms with Crippen LogP contribution in [0.1, 0.15) is 71.1 Å². The van der Waals surface area contributed by atoms with Crippen molar-refractivity contribution in [2.75, 3.05) is 40.4 Å². The molecule has 0 spiro atoms. The predicted octanol–water partition coefficient (Wildman–Crippen LogP) is 5.23. The number of carbonyl (C=O) groups excluding carboxylic acids is 4. The number of likely N-dealkylation sites (N-methyl/N-ethyl adjacent to an activating group) is 1. The maximum absolute atomic E-state index is 14.6. The van der Waals surface area contributed by atoms with Crippen LogP contribution in [0, 0.1) is 23.2 Å². The number of nitrogens with zero attached hydrogens (tertiary/aromatic N) is 4. The lowest BCUT2D eigenvalue weighted by Crippen LogP contribution is -2.62. The van der Waals surface area contributed by atoms with Gasteiger partial charge in [0.2, 0.25) is 11.8 Å². The van der Waals surface area contributed by atoms with Crippen LogP contribution in [0.5, 0.6) is 5.75 Å². The fourth-order valence-corrected chi connectivity index (χ4v) is 9.65. The van der Waals surface area contributed by atoms with Crippen molar-refractivity contribution in [1.29, 1.82) is 0 Å². The third-order valence-corrected chi connectivity index (χ3v) is 12.8. The minimum absolute atomic E-state index is 0.0147. The third-order valence-electron chi connectivity index (χ3n) is 12.8. The van der Waals surface area contributed by atoms with E-state index in [1.54, 1.807) is 32.5 Å². The van der Waals surface area contributed by atoms with E-state index >= 15 is 0 Å². The Morgan fingerprint density at radius 3 is 2.61 bits per heavy atom. The molecule has 3 amide bonds. The highest BCUT2D eigenvalue weighted by atomic mass is 16.5. The summed E-state index contributed by atoms with van der Waals surface area (Å²) in [5.41, 5.74) is 9.92. The monoisotopic (exact) mass is 849 g/mol. The average molecular weight is 850 g/mol. The van der Waals surface area contributed by atoms with Crippen molar-refractivity contribution in [2.24, 2.45) is 23.2 Å². The lowest BCUT2D eigenvalue weighted by atomic mass is 9.84. The molecule has 0 radical (unpaired) electrons. The van der Waals surface area contributed by atoms with Gasteiger partial charge in [0.05, 0.1) is 24.8 Å². The number of hydrogen-bond acceptors (Lipinski definition) is 10. The van der Waals surface area contributed by atoms with E-state index in [1.807, 2.05) is 45.2 Å². The van der Waals surface area contributed by atoms with Gasteiger partial charge in [0, 0.05) is 74.5 Å². The molecule has 2 saturated heterocycles. The molecule has 332 valence electrons. The van der Waals surface area contributed by atoms with Gasteiger partial charge < -0.3 is 34.7 Å². The first-order valence-electron chi connectivity index (χ1n) is 22.0. The zero-order valence-corrected chi connectivity index (χ0v) is 37.4. The van der Waals surface area contributed by atoms with Crippen molar-refractivity contribution >= 4 is 34.6 Å². The van der Waals surface area contributed by atoms with Gasteiger partial charge in [0.25, 0.3) is 5.91 Å². The molecule has 62 heavy (non-hydrogen) atoms. The third kappa shape index (κ3) is 9.23. The predicted molar refractivity (Wildman–Crippen MR) is 238 cm³/mol. The zero-order valence-electron chi connectivity index (χ0n) is 37.4. The van der Waals surface area contributed by atoms with Gasteiger partial charge in [-0.3, -0.25) is 29.2 Å². The highest BCUT2D eigenvalue weighted by Gasteiger charge is 2.40. The number of amides is 3. The summed E-state index contributed by atoms with van der Waals surface area (Å²) in [5, 5.41) is 20.0. The fourth-order valence-electron chi connectivity index (χ4n) is 9.65. The van der Waals surface area contributed by atoms with Gasteiger partial charge in [0.15, 0.2) is 0 Å². The maximum Gasteiger partial charge on any atom is 0.324 e. The number of aromatic hydroxyl groups is 1. The summed E-state index contributed by atoms with van der Waals surface area (Å²) in [5.74, 6) is -1.86. The van der Waals surface area contributed by atoms with E-state index < -0.39 is 41.3 Å².